The van der Waals surface area contributed by atoms with Crippen LogP contribution in [-0.4, -0.2) is 38.7 Å². The molecule has 94 valence electrons. The van der Waals surface area contributed by atoms with Crippen LogP contribution in [0.2, 0.25) is 0 Å². The molecule has 1 aliphatic rings. The average molecular weight is 249 g/mol. The Kier molecular flexibility index (Phi) is 2.77. The van der Waals surface area contributed by atoms with E-state index in [9.17, 15) is 18.0 Å². The maximum absolute atomic E-state index is 12.5. The second-order valence-corrected chi connectivity index (χ2v) is 3.77. The van der Waals surface area contributed by atoms with Gasteiger partial charge in [0.15, 0.2) is 0 Å². The van der Waals surface area contributed by atoms with Gasteiger partial charge in [0.25, 0.3) is 0 Å². The minimum atomic E-state index is -4.50. The summed E-state index contributed by atoms with van der Waals surface area (Å²) in [6, 6.07) is 0. The van der Waals surface area contributed by atoms with Gasteiger partial charge in [-0.1, -0.05) is 0 Å². The first-order chi connectivity index (χ1) is 7.88. The maximum atomic E-state index is 12.5. The summed E-state index contributed by atoms with van der Waals surface area (Å²) in [5, 5.41) is 6.61. The molecule has 0 saturated carbocycles. The molecule has 0 spiro atoms. The highest BCUT2D eigenvalue weighted by Crippen LogP contribution is 2.29. The van der Waals surface area contributed by atoms with Crippen molar-refractivity contribution >= 4 is 5.91 Å². The Morgan fingerprint density at radius 3 is 2.65 bits per heavy atom. The SMILES string of the molecule is NC(=O)CN1CCn2c(nnc2C(F)(F)F)C1. The lowest BCUT2D eigenvalue weighted by Gasteiger charge is -2.26. The van der Waals surface area contributed by atoms with Crippen molar-refractivity contribution in [3.05, 3.63) is 11.6 Å². The van der Waals surface area contributed by atoms with E-state index in [4.69, 9.17) is 5.73 Å². The lowest BCUT2D eigenvalue weighted by Crippen LogP contribution is -2.40. The van der Waals surface area contributed by atoms with Gasteiger partial charge in [-0.15, -0.1) is 10.2 Å². The van der Waals surface area contributed by atoms with Crippen molar-refractivity contribution in [2.75, 3.05) is 13.1 Å². The summed E-state index contributed by atoms with van der Waals surface area (Å²) in [4.78, 5) is 12.3. The monoisotopic (exact) mass is 249 g/mol. The predicted octanol–water partition coefficient (Wildman–Crippen LogP) is -0.402. The minimum Gasteiger partial charge on any atom is -0.369 e. The van der Waals surface area contributed by atoms with Crippen molar-refractivity contribution in [2.24, 2.45) is 5.73 Å². The predicted molar refractivity (Wildman–Crippen MR) is 49.5 cm³/mol. The van der Waals surface area contributed by atoms with Crippen LogP contribution in [0.15, 0.2) is 0 Å². The quantitative estimate of drug-likeness (QED) is 0.773. The highest BCUT2D eigenvalue weighted by molar-refractivity contribution is 5.75. The summed E-state index contributed by atoms with van der Waals surface area (Å²) in [6.45, 7) is 0.571. The van der Waals surface area contributed by atoms with Gasteiger partial charge in [-0.25, -0.2) is 0 Å². The van der Waals surface area contributed by atoms with Crippen molar-refractivity contribution in [3.8, 4) is 0 Å². The molecule has 9 heteroatoms. The Labute approximate surface area is 94.2 Å². The summed E-state index contributed by atoms with van der Waals surface area (Å²) < 4.78 is 38.5. The number of aromatic nitrogens is 3. The molecule has 17 heavy (non-hydrogen) atoms. The Balaban J connectivity index is 2.19. The van der Waals surface area contributed by atoms with Crippen LogP contribution in [0.1, 0.15) is 11.6 Å². The molecule has 6 nitrogen and oxygen atoms in total. The van der Waals surface area contributed by atoms with E-state index in [0.29, 0.717) is 6.54 Å². The second kappa shape index (κ2) is 3.99. The summed E-state index contributed by atoms with van der Waals surface area (Å²) >= 11 is 0. The highest BCUT2D eigenvalue weighted by atomic mass is 19.4. The van der Waals surface area contributed by atoms with Crippen LogP contribution in [-0.2, 0) is 24.1 Å². The Bertz CT molecular complexity index is 441. The fourth-order valence-electron chi connectivity index (χ4n) is 1.77. The van der Waals surface area contributed by atoms with Crippen LogP contribution in [0.25, 0.3) is 0 Å². The summed E-state index contributed by atoms with van der Waals surface area (Å²) in [5.41, 5.74) is 5.01. The van der Waals surface area contributed by atoms with E-state index in [1.807, 2.05) is 0 Å². The number of hydrogen-bond donors (Lipinski definition) is 1. The highest BCUT2D eigenvalue weighted by Gasteiger charge is 2.39. The van der Waals surface area contributed by atoms with E-state index < -0.39 is 17.9 Å². The van der Waals surface area contributed by atoms with E-state index in [0.717, 1.165) is 4.57 Å². The van der Waals surface area contributed by atoms with Gasteiger partial charge in [-0.3, -0.25) is 9.69 Å². The number of hydrogen-bond acceptors (Lipinski definition) is 4. The molecular formula is C8H10F3N5O. The molecule has 0 saturated heterocycles. The van der Waals surface area contributed by atoms with Crippen LogP contribution in [0.4, 0.5) is 13.2 Å². The minimum absolute atomic E-state index is 0.00815. The number of halogens is 3. The van der Waals surface area contributed by atoms with E-state index in [1.165, 1.54) is 0 Å². The Morgan fingerprint density at radius 2 is 2.06 bits per heavy atom. The summed E-state index contributed by atoms with van der Waals surface area (Å²) in [6.07, 6.45) is -4.50. The molecule has 2 rings (SSSR count). The molecule has 0 unspecified atom stereocenters. The average Bonchev–Trinajstić information content (AvgIpc) is 2.58. The number of rotatable bonds is 2. The van der Waals surface area contributed by atoms with E-state index in [2.05, 4.69) is 10.2 Å². The molecule has 1 aromatic heterocycles. The third-order valence-corrected chi connectivity index (χ3v) is 2.47. The third-order valence-electron chi connectivity index (χ3n) is 2.47. The van der Waals surface area contributed by atoms with E-state index >= 15 is 0 Å². The molecule has 1 aromatic rings. The van der Waals surface area contributed by atoms with Gasteiger partial charge in [0, 0.05) is 13.1 Å². The summed E-state index contributed by atoms with van der Waals surface area (Å²) in [7, 11) is 0. The molecule has 0 radical (unpaired) electrons. The second-order valence-electron chi connectivity index (χ2n) is 3.77. The van der Waals surface area contributed by atoms with Crippen LogP contribution in [0.5, 0.6) is 0 Å². The van der Waals surface area contributed by atoms with Gasteiger partial charge in [0.2, 0.25) is 11.7 Å². The molecule has 2 heterocycles. The zero-order valence-electron chi connectivity index (χ0n) is 8.74. The van der Waals surface area contributed by atoms with E-state index in [1.54, 1.807) is 4.90 Å². The van der Waals surface area contributed by atoms with Gasteiger partial charge in [-0.05, 0) is 0 Å². The number of primary amides is 1. The number of nitrogens with two attached hydrogens (primary N) is 1. The van der Waals surface area contributed by atoms with Gasteiger partial charge in [0.05, 0.1) is 13.1 Å². The summed E-state index contributed by atoms with van der Waals surface area (Å²) in [5.74, 6) is -1.31. The Morgan fingerprint density at radius 1 is 1.35 bits per heavy atom. The number of alkyl halides is 3. The standard InChI is InChI=1S/C8H10F3N5O/c9-8(10,11)7-14-13-6-4-15(3-5(12)17)1-2-16(6)7/h1-4H2,(H2,12,17). The molecule has 0 aliphatic carbocycles. The smallest absolute Gasteiger partial charge is 0.369 e. The zero-order chi connectivity index (χ0) is 12.6. The lowest BCUT2D eigenvalue weighted by atomic mass is 10.3. The van der Waals surface area contributed by atoms with Crippen molar-refractivity contribution in [3.63, 3.8) is 0 Å². The van der Waals surface area contributed by atoms with Crippen LogP contribution in [0, 0.1) is 0 Å². The number of nitrogens with zero attached hydrogens (tertiary/aromatic N) is 4. The molecule has 0 fully saturated rings. The van der Waals surface area contributed by atoms with Crippen molar-refractivity contribution in [1.82, 2.24) is 19.7 Å². The van der Waals surface area contributed by atoms with E-state index in [-0.39, 0.29) is 25.5 Å². The molecule has 2 N–H and O–H groups in total. The first-order valence-electron chi connectivity index (χ1n) is 4.88. The van der Waals surface area contributed by atoms with Crippen molar-refractivity contribution < 1.29 is 18.0 Å². The molecule has 0 bridgehead atoms. The fourth-order valence-corrected chi connectivity index (χ4v) is 1.77. The topological polar surface area (TPSA) is 77.0 Å². The zero-order valence-corrected chi connectivity index (χ0v) is 8.74. The molecule has 0 atom stereocenters. The van der Waals surface area contributed by atoms with Crippen molar-refractivity contribution in [1.29, 1.82) is 0 Å². The molecule has 1 amide bonds. The molecular weight excluding hydrogens is 239 g/mol. The van der Waals surface area contributed by atoms with Crippen LogP contribution < -0.4 is 5.73 Å². The third kappa shape index (κ3) is 2.38. The molecule has 1 aliphatic heterocycles. The Hall–Kier alpha value is -1.64. The van der Waals surface area contributed by atoms with Crippen LogP contribution >= 0.6 is 0 Å². The van der Waals surface area contributed by atoms with Gasteiger partial charge in [-0.2, -0.15) is 13.2 Å². The largest absolute Gasteiger partial charge is 0.451 e. The van der Waals surface area contributed by atoms with Gasteiger partial charge >= 0.3 is 6.18 Å². The van der Waals surface area contributed by atoms with Crippen LogP contribution in [0.3, 0.4) is 0 Å². The normalized spacial score (nSPS) is 16.9. The number of fused-ring (bicyclic) bond motifs is 1. The number of amides is 1. The first-order valence-corrected chi connectivity index (χ1v) is 4.88. The van der Waals surface area contributed by atoms with Gasteiger partial charge < -0.3 is 10.3 Å². The van der Waals surface area contributed by atoms with Gasteiger partial charge in [0.1, 0.15) is 5.82 Å². The first kappa shape index (κ1) is 11.8. The maximum Gasteiger partial charge on any atom is 0.451 e. The lowest BCUT2D eigenvalue weighted by molar-refractivity contribution is -0.148. The molecule has 0 aromatic carbocycles. The number of carbonyl (C=O) groups excluding carboxylic acids is 1. The van der Waals surface area contributed by atoms with Crippen molar-refractivity contribution in [2.45, 2.75) is 19.3 Å². The number of carbonyl (C=O) groups is 1. The fraction of sp³-hybridized carbons (Fsp3) is 0.625.